The highest BCUT2D eigenvalue weighted by Gasteiger charge is 2.16. The van der Waals surface area contributed by atoms with Crippen LogP contribution in [0.2, 0.25) is 0 Å². The Labute approximate surface area is 130 Å². The molecule has 1 aromatic carbocycles. The number of hydrogen-bond acceptors (Lipinski definition) is 6. The molecule has 8 heteroatoms. The highest BCUT2D eigenvalue weighted by molar-refractivity contribution is 7.86. The van der Waals surface area contributed by atoms with Crippen LogP contribution in [-0.4, -0.2) is 59.7 Å². The molecule has 1 N–H and O–H groups in total. The first-order valence-corrected chi connectivity index (χ1v) is 8.24. The zero-order chi connectivity index (χ0) is 16.4. The van der Waals surface area contributed by atoms with Gasteiger partial charge in [-0.3, -0.25) is 4.55 Å². The summed E-state index contributed by atoms with van der Waals surface area (Å²) in [6.45, 7) is 4.16. The Balaban J connectivity index is 2.32. The second kappa shape index (κ2) is 9.75. The lowest BCUT2D eigenvalue weighted by Crippen LogP contribution is -2.13. The van der Waals surface area contributed by atoms with Gasteiger partial charge in [0.15, 0.2) is 0 Å². The van der Waals surface area contributed by atoms with Gasteiger partial charge in [-0.05, 0) is 24.6 Å². The molecule has 0 atom stereocenters. The van der Waals surface area contributed by atoms with Crippen LogP contribution in [0.3, 0.4) is 0 Å². The molecular formula is C14H22O7S. The molecule has 0 aromatic heterocycles. The van der Waals surface area contributed by atoms with Crippen molar-refractivity contribution in [2.45, 2.75) is 11.8 Å². The van der Waals surface area contributed by atoms with Crippen molar-refractivity contribution in [1.82, 2.24) is 0 Å². The van der Waals surface area contributed by atoms with Crippen LogP contribution in [0.4, 0.5) is 0 Å². The largest absolute Gasteiger partial charge is 0.490 e. The molecule has 0 heterocycles. The van der Waals surface area contributed by atoms with E-state index in [1.807, 2.05) is 0 Å². The quantitative estimate of drug-likeness (QED) is 0.482. The lowest BCUT2D eigenvalue weighted by molar-refractivity contribution is 0.0177. The van der Waals surface area contributed by atoms with Crippen molar-refractivity contribution in [2.24, 2.45) is 0 Å². The van der Waals surface area contributed by atoms with Crippen LogP contribution < -0.4 is 4.74 Å². The van der Waals surface area contributed by atoms with E-state index in [0.717, 1.165) is 5.56 Å². The van der Waals surface area contributed by atoms with Crippen molar-refractivity contribution >= 4 is 10.1 Å². The van der Waals surface area contributed by atoms with Crippen LogP contribution in [0.5, 0.6) is 5.75 Å². The summed E-state index contributed by atoms with van der Waals surface area (Å²) in [4.78, 5) is -0.249. The molecule has 0 aliphatic heterocycles. The maximum Gasteiger partial charge on any atom is 0.298 e. The van der Waals surface area contributed by atoms with Gasteiger partial charge in [0.05, 0.1) is 33.0 Å². The van der Waals surface area contributed by atoms with Crippen LogP contribution in [0, 0.1) is 6.92 Å². The zero-order valence-corrected chi connectivity index (χ0v) is 13.6. The number of hydrogen-bond donors (Lipinski definition) is 1. The molecule has 0 unspecified atom stereocenters. The Kier molecular flexibility index (Phi) is 8.36. The van der Waals surface area contributed by atoms with Crippen molar-refractivity contribution in [1.29, 1.82) is 0 Å². The number of benzene rings is 1. The maximum atomic E-state index is 11.2. The first kappa shape index (κ1) is 18.9. The number of aryl methyl sites for hydroxylation is 1. The molecule has 0 spiro atoms. The van der Waals surface area contributed by atoms with E-state index >= 15 is 0 Å². The number of rotatable bonds is 11. The second-order valence-electron chi connectivity index (χ2n) is 4.49. The first-order valence-electron chi connectivity index (χ1n) is 6.80. The van der Waals surface area contributed by atoms with E-state index in [-0.39, 0.29) is 23.9 Å². The summed E-state index contributed by atoms with van der Waals surface area (Å²) in [7, 11) is -2.71. The van der Waals surface area contributed by atoms with Gasteiger partial charge in [-0.1, -0.05) is 6.07 Å². The molecule has 0 amide bonds. The molecule has 0 aliphatic rings. The lowest BCUT2D eigenvalue weighted by atomic mass is 10.2. The SMILES string of the molecule is COCCOCCOCCOc1cc(C)ccc1S(=O)(=O)O. The van der Waals surface area contributed by atoms with E-state index in [1.54, 1.807) is 26.2 Å². The molecule has 7 nitrogen and oxygen atoms in total. The van der Waals surface area contributed by atoms with E-state index < -0.39 is 10.1 Å². The summed E-state index contributed by atoms with van der Waals surface area (Å²) in [5, 5.41) is 0. The Morgan fingerprint density at radius 1 is 1.00 bits per heavy atom. The van der Waals surface area contributed by atoms with Gasteiger partial charge < -0.3 is 18.9 Å². The van der Waals surface area contributed by atoms with Gasteiger partial charge in [0.1, 0.15) is 17.3 Å². The zero-order valence-electron chi connectivity index (χ0n) is 12.8. The molecule has 0 aliphatic carbocycles. The maximum absolute atomic E-state index is 11.2. The van der Waals surface area contributed by atoms with Gasteiger partial charge in [-0.15, -0.1) is 0 Å². The fraction of sp³-hybridized carbons (Fsp3) is 0.571. The van der Waals surface area contributed by atoms with Gasteiger partial charge in [0.2, 0.25) is 0 Å². The summed E-state index contributed by atoms with van der Waals surface area (Å²) in [5.74, 6) is 0.113. The highest BCUT2D eigenvalue weighted by atomic mass is 32.2. The van der Waals surface area contributed by atoms with Crippen LogP contribution >= 0.6 is 0 Å². The van der Waals surface area contributed by atoms with Crippen molar-refractivity contribution < 1.29 is 31.9 Å². The predicted molar refractivity (Wildman–Crippen MR) is 80.0 cm³/mol. The summed E-state index contributed by atoms with van der Waals surface area (Å²) in [5.41, 5.74) is 0.829. The minimum atomic E-state index is -4.31. The molecule has 0 radical (unpaired) electrons. The van der Waals surface area contributed by atoms with Crippen molar-refractivity contribution in [3.8, 4) is 5.75 Å². The van der Waals surface area contributed by atoms with E-state index in [2.05, 4.69) is 0 Å². The molecule has 0 fully saturated rings. The standard InChI is InChI=1S/C14H22O7S/c1-12-3-4-14(22(15,16)17)13(11-12)21-10-9-20-8-7-19-6-5-18-2/h3-4,11H,5-10H2,1-2H3,(H,15,16,17). The van der Waals surface area contributed by atoms with Crippen LogP contribution in [0.1, 0.15) is 5.56 Å². The number of methoxy groups -OCH3 is 1. The van der Waals surface area contributed by atoms with Gasteiger partial charge >= 0.3 is 0 Å². The lowest BCUT2D eigenvalue weighted by Gasteiger charge is -2.11. The minimum absolute atomic E-state index is 0.113. The molecular weight excluding hydrogens is 312 g/mol. The molecule has 0 saturated heterocycles. The Hall–Kier alpha value is -1.19. The van der Waals surface area contributed by atoms with E-state index in [0.29, 0.717) is 26.4 Å². The third kappa shape index (κ3) is 7.19. The first-order chi connectivity index (χ1) is 10.4. The average molecular weight is 334 g/mol. The minimum Gasteiger partial charge on any atom is -0.490 e. The fourth-order valence-electron chi connectivity index (χ4n) is 1.62. The van der Waals surface area contributed by atoms with Gasteiger partial charge in [-0.2, -0.15) is 8.42 Å². The predicted octanol–water partition coefficient (Wildman–Crippen LogP) is 1.30. The highest BCUT2D eigenvalue weighted by Crippen LogP contribution is 2.24. The van der Waals surface area contributed by atoms with Crippen molar-refractivity contribution in [2.75, 3.05) is 46.8 Å². The van der Waals surface area contributed by atoms with Crippen molar-refractivity contribution in [3.05, 3.63) is 23.8 Å². The summed E-state index contributed by atoms with van der Waals surface area (Å²) in [6, 6.07) is 4.45. The summed E-state index contributed by atoms with van der Waals surface area (Å²) >= 11 is 0. The molecule has 1 aromatic rings. The van der Waals surface area contributed by atoms with Gasteiger partial charge in [0, 0.05) is 7.11 Å². The third-order valence-corrected chi connectivity index (χ3v) is 3.56. The van der Waals surface area contributed by atoms with E-state index in [1.165, 1.54) is 6.07 Å². The summed E-state index contributed by atoms with van der Waals surface area (Å²) < 4.78 is 52.3. The monoisotopic (exact) mass is 334 g/mol. The Bertz CT molecular complexity index is 542. The summed E-state index contributed by atoms with van der Waals surface area (Å²) in [6.07, 6.45) is 0. The average Bonchev–Trinajstić information content (AvgIpc) is 2.44. The van der Waals surface area contributed by atoms with E-state index in [4.69, 9.17) is 23.5 Å². The van der Waals surface area contributed by atoms with Crippen molar-refractivity contribution in [3.63, 3.8) is 0 Å². The second-order valence-corrected chi connectivity index (χ2v) is 5.88. The van der Waals surface area contributed by atoms with Crippen LogP contribution in [0.25, 0.3) is 0 Å². The molecule has 126 valence electrons. The van der Waals surface area contributed by atoms with E-state index in [9.17, 15) is 8.42 Å². The molecule has 0 saturated carbocycles. The van der Waals surface area contributed by atoms with Gasteiger partial charge in [-0.25, -0.2) is 0 Å². The normalized spacial score (nSPS) is 11.6. The topological polar surface area (TPSA) is 91.3 Å². The van der Waals surface area contributed by atoms with Crippen LogP contribution in [-0.2, 0) is 24.3 Å². The Morgan fingerprint density at radius 3 is 2.18 bits per heavy atom. The molecule has 1 rings (SSSR count). The number of ether oxygens (including phenoxy) is 4. The fourth-order valence-corrected chi connectivity index (χ4v) is 2.23. The smallest absolute Gasteiger partial charge is 0.298 e. The Morgan fingerprint density at radius 2 is 1.59 bits per heavy atom. The molecule has 0 bridgehead atoms. The van der Waals surface area contributed by atoms with Crippen LogP contribution in [0.15, 0.2) is 23.1 Å². The third-order valence-electron chi connectivity index (χ3n) is 2.67. The van der Waals surface area contributed by atoms with Gasteiger partial charge in [0.25, 0.3) is 10.1 Å². The molecule has 22 heavy (non-hydrogen) atoms.